The van der Waals surface area contributed by atoms with E-state index < -0.39 is 0 Å². The monoisotopic (exact) mass is 298 g/mol. The Hall–Kier alpha value is -1.91. The number of carbonyl (C=O) groups is 1. The van der Waals surface area contributed by atoms with Crippen LogP contribution in [0.1, 0.15) is 18.4 Å². The van der Waals surface area contributed by atoms with Crippen LogP contribution in [0.25, 0.3) is 0 Å². The molecule has 0 radical (unpaired) electrons. The second-order valence-electron chi connectivity index (χ2n) is 6.84. The van der Waals surface area contributed by atoms with Crippen molar-refractivity contribution in [3.63, 3.8) is 0 Å². The molecule has 5 nitrogen and oxygen atoms in total. The minimum Gasteiger partial charge on any atom is -0.356 e. The maximum atomic E-state index is 12.5. The average Bonchev–Trinajstić information content (AvgIpc) is 3.22. The van der Waals surface area contributed by atoms with Gasteiger partial charge in [0.1, 0.15) is 12.1 Å². The maximum Gasteiger partial charge on any atom is 0.226 e. The molecule has 2 atom stereocenters. The molecule has 5 heteroatoms. The van der Waals surface area contributed by atoms with Crippen LogP contribution in [0.5, 0.6) is 0 Å². The summed E-state index contributed by atoms with van der Waals surface area (Å²) in [6.45, 7) is 5.91. The van der Waals surface area contributed by atoms with Crippen molar-refractivity contribution in [2.75, 3.05) is 31.1 Å². The zero-order valence-electron chi connectivity index (χ0n) is 13.0. The first-order valence-corrected chi connectivity index (χ1v) is 8.17. The molecule has 0 spiro atoms. The van der Waals surface area contributed by atoms with Crippen molar-refractivity contribution >= 4 is 11.7 Å². The number of hydrogen-bond acceptors (Lipinski definition) is 4. The zero-order chi connectivity index (χ0) is 15.1. The highest BCUT2D eigenvalue weighted by atomic mass is 16.2. The van der Waals surface area contributed by atoms with Crippen LogP contribution in [0.2, 0.25) is 0 Å². The summed E-state index contributed by atoms with van der Waals surface area (Å²) < 4.78 is 0. The van der Waals surface area contributed by atoms with Crippen molar-refractivity contribution < 1.29 is 4.79 Å². The van der Waals surface area contributed by atoms with Crippen LogP contribution in [0.15, 0.2) is 24.7 Å². The molecular formula is C17H22N4O. The van der Waals surface area contributed by atoms with Gasteiger partial charge in [0, 0.05) is 55.7 Å². The third kappa shape index (κ3) is 2.28. The second-order valence-corrected chi connectivity index (χ2v) is 6.84. The van der Waals surface area contributed by atoms with Gasteiger partial charge in [0.15, 0.2) is 0 Å². The van der Waals surface area contributed by atoms with Crippen LogP contribution in [0.4, 0.5) is 5.82 Å². The molecule has 116 valence electrons. The first kappa shape index (κ1) is 13.7. The largest absolute Gasteiger partial charge is 0.356 e. The van der Waals surface area contributed by atoms with Crippen molar-refractivity contribution in [2.45, 2.75) is 19.8 Å². The molecule has 4 rings (SSSR count). The molecule has 1 aliphatic carbocycles. The number of likely N-dealkylation sites (tertiary alicyclic amines) is 1. The third-order valence-electron chi connectivity index (χ3n) is 5.32. The van der Waals surface area contributed by atoms with Gasteiger partial charge < -0.3 is 9.80 Å². The Morgan fingerprint density at radius 1 is 1.14 bits per heavy atom. The van der Waals surface area contributed by atoms with Crippen molar-refractivity contribution in [1.82, 2.24) is 14.9 Å². The zero-order valence-corrected chi connectivity index (χ0v) is 13.0. The van der Waals surface area contributed by atoms with Crippen molar-refractivity contribution in [3.8, 4) is 0 Å². The van der Waals surface area contributed by atoms with E-state index in [1.165, 1.54) is 0 Å². The van der Waals surface area contributed by atoms with E-state index in [0.717, 1.165) is 50.4 Å². The number of aromatic nitrogens is 2. The number of rotatable bonds is 2. The Bertz CT molecular complexity index is 592. The van der Waals surface area contributed by atoms with Crippen LogP contribution in [-0.2, 0) is 4.79 Å². The van der Waals surface area contributed by atoms with Gasteiger partial charge >= 0.3 is 0 Å². The molecule has 0 aromatic carbocycles. The molecule has 1 aromatic rings. The van der Waals surface area contributed by atoms with Crippen molar-refractivity contribution in [3.05, 3.63) is 30.2 Å². The average molecular weight is 298 g/mol. The van der Waals surface area contributed by atoms with Gasteiger partial charge in [-0.2, -0.15) is 0 Å². The number of nitrogens with zero attached hydrogens (tertiary/aromatic N) is 4. The van der Waals surface area contributed by atoms with E-state index in [1.54, 1.807) is 6.33 Å². The summed E-state index contributed by atoms with van der Waals surface area (Å²) in [4.78, 5) is 25.5. The lowest BCUT2D eigenvalue weighted by Gasteiger charge is -2.25. The number of anilines is 1. The molecule has 0 saturated carbocycles. The quantitative estimate of drug-likeness (QED) is 0.779. The first-order chi connectivity index (χ1) is 10.7. The minimum atomic E-state index is 0.207. The van der Waals surface area contributed by atoms with E-state index in [4.69, 9.17) is 0 Å². The van der Waals surface area contributed by atoms with Gasteiger partial charge in [-0.15, -0.1) is 0 Å². The molecule has 2 unspecified atom stereocenters. The normalized spacial score (nSPS) is 27.7. The van der Waals surface area contributed by atoms with Gasteiger partial charge in [-0.25, -0.2) is 9.97 Å². The van der Waals surface area contributed by atoms with Gasteiger partial charge in [-0.1, -0.05) is 12.2 Å². The molecule has 1 amide bonds. The molecule has 3 aliphatic rings. The molecule has 2 saturated heterocycles. The second kappa shape index (κ2) is 5.38. The lowest BCUT2D eigenvalue weighted by molar-refractivity contribution is -0.134. The summed E-state index contributed by atoms with van der Waals surface area (Å²) >= 11 is 0. The van der Waals surface area contributed by atoms with Crippen molar-refractivity contribution in [2.24, 2.45) is 17.8 Å². The summed E-state index contributed by atoms with van der Waals surface area (Å²) in [5.41, 5.74) is 1.13. The van der Waals surface area contributed by atoms with E-state index in [0.29, 0.717) is 17.7 Å². The molecular weight excluding hydrogens is 276 g/mol. The van der Waals surface area contributed by atoms with Crippen molar-refractivity contribution in [1.29, 1.82) is 0 Å². The summed E-state index contributed by atoms with van der Waals surface area (Å²) in [6.07, 6.45) is 9.63. The minimum absolute atomic E-state index is 0.207. The number of hydrogen-bond donors (Lipinski definition) is 0. The van der Waals surface area contributed by atoms with Gasteiger partial charge in [0.25, 0.3) is 0 Å². The molecule has 3 heterocycles. The van der Waals surface area contributed by atoms with Crippen LogP contribution in [0, 0.1) is 24.7 Å². The summed E-state index contributed by atoms with van der Waals surface area (Å²) in [7, 11) is 0. The Balaban J connectivity index is 1.40. The smallest absolute Gasteiger partial charge is 0.226 e. The topological polar surface area (TPSA) is 49.3 Å². The molecule has 1 aromatic heterocycles. The van der Waals surface area contributed by atoms with Gasteiger partial charge in [-0.3, -0.25) is 4.79 Å². The van der Waals surface area contributed by atoms with Gasteiger partial charge in [0.2, 0.25) is 5.91 Å². The van der Waals surface area contributed by atoms with Crippen LogP contribution >= 0.6 is 0 Å². The lowest BCUT2D eigenvalue weighted by atomic mass is 10.0. The highest BCUT2D eigenvalue weighted by Crippen LogP contribution is 2.35. The summed E-state index contributed by atoms with van der Waals surface area (Å²) in [5.74, 6) is 2.81. The SMILES string of the molecule is Cc1cncnc1N1CC2CN(C(=O)C3CC=CC3)CC2C1. The van der Waals surface area contributed by atoms with E-state index in [1.807, 2.05) is 6.20 Å². The Kier molecular flexibility index (Phi) is 3.36. The van der Waals surface area contributed by atoms with E-state index >= 15 is 0 Å². The Morgan fingerprint density at radius 2 is 1.82 bits per heavy atom. The van der Waals surface area contributed by atoms with E-state index in [2.05, 4.69) is 38.8 Å². The standard InChI is InChI=1S/C17H22N4O/c1-12-6-18-11-19-16(12)20-7-14-9-21(10-15(14)8-20)17(22)13-4-2-3-5-13/h2-3,6,11,13-15H,4-5,7-10H2,1H3. The van der Waals surface area contributed by atoms with E-state index in [9.17, 15) is 4.79 Å². The van der Waals surface area contributed by atoms with Gasteiger partial charge in [-0.05, 0) is 19.8 Å². The Labute approximate surface area is 131 Å². The van der Waals surface area contributed by atoms with Crippen LogP contribution < -0.4 is 4.90 Å². The fraction of sp³-hybridized carbons (Fsp3) is 0.588. The summed E-state index contributed by atoms with van der Waals surface area (Å²) in [6, 6.07) is 0. The third-order valence-corrected chi connectivity index (χ3v) is 5.32. The number of amides is 1. The maximum absolute atomic E-state index is 12.5. The summed E-state index contributed by atoms with van der Waals surface area (Å²) in [5, 5.41) is 0. The molecule has 0 bridgehead atoms. The first-order valence-electron chi connectivity index (χ1n) is 8.17. The predicted molar refractivity (Wildman–Crippen MR) is 84.4 cm³/mol. The predicted octanol–water partition coefficient (Wildman–Crippen LogP) is 1.65. The number of allylic oxidation sites excluding steroid dienone is 2. The molecule has 22 heavy (non-hydrogen) atoms. The van der Waals surface area contributed by atoms with Crippen LogP contribution in [0.3, 0.4) is 0 Å². The lowest BCUT2D eigenvalue weighted by Crippen LogP contribution is -2.36. The number of aryl methyl sites for hydroxylation is 1. The highest BCUT2D eigenvalue weighted by molar-refractivity contribution is 5.80. The fourth-order valence-corrected chi connectivity index (χ4v) is 4.15. The molecule has 2 fully saturated rings. The Morgan fingerprint density at radius 3 is 2.45 bits per heavy atom. The van der Waals surface area contributed by atoms with Gasteiger partial charge in [0.05, 0.1) is 0 Å². The number of fused-ring (bicyclic) bond motifs is 1. The number of carbonyl (C=O) groups excluding carboxylic acids is 1. The molecule has 2 aliphatic heterocycles. The highest BCUT2D eigenvalue weighted by Gasteiger charge is 2.43. The van der Waals surface area contributed by atoms with Crippen LogP contribution in [-0.4, -0.2) is 47.0 Å². The molecule has 0 N–H and O–H groups in total. The van der Waals surface area contributed by atoms with E-state index in [-0.39, 0.29) is 5.92 Å². The fourth-order valence-electron chi connectivity index (χ4n) is 4.15.